The van der Waals surface area contributed by atoms with E-state index in [1.165, 1.54) is 11.0 Å². The van der Waals surface area contributed by atoms with Crippen LogP contribution in [-0.2, 0) is 17.9 Å². The Kier molecular flexibility index (Phi) is 6.40. The molecule has 0 spiro atoms. The van der Waals surface area contributed by atoms with Crippen LogP contribution in [0.2, 0.25) is 0 Å². The van der Waals surface area contributed by atoms with Gasteiger partial charge in [-0.25, -0.2) is 4.39 Å². The second-order valence-corrected chi connectivity index (χ2v) is 9.98. The summed E-state index contributed by atoms with van der Waals surface area (Å²) in [6.07, 6.45) is 1.72. The molecule has 0 aromatic heterocycles. The van der Waals surface area contributed by atoms with Crippen molar-refractivity contribution in [3.63, 3.8) is 0 Å². The van der Waals surface area contributed by atoms with Gasteiger partial charge in [0.05, 0.1) is 11.4 Å². The number of rotatable bonds is 6. The van der Waals surface area contributed by atoms with Gasteiger partial charge in [-0.2, -0.15) is 0 Å². The number of halogens is 1. The van der Waals surface area contributed by atoms with Gasteiger partial charge in [-0.3, -0.25) is 14.5 Å². The highest BCUT2D eigenvalue weighted by Gasteiger charge is 2.35. The van der Waals surface area contributed by atoms with Crippen LogP contribution in [0.25, 0.3) is 27.6 Å². The van der Waals surface area contributed by atoms with E-state index >= 15 is 0 Å². The van der Waals surface area contributed by atoms with Gasteiger partial charge >= 0.3 is 0 Å². The smallest absolute Gasteiger partial charge is 0.293 e. The first-order valence-electron chi connectivity index (χ1n) is 12.2. The highest BCUT2D eigenvalue weighted by atomic mass is 32.2. The van der Waals surface area contributed by atoms with Gasteiger partial charge in [0.25, 0.3) is 11.1 Å². The monoisotopic (exact) mass is 519 g/mol. The predicted octanol–water partition coefficient (Wildman–Crippen LogP) is 7.95. The van der Waals surface area contributed by atoms with E-state index in [0.29, 0.717) is 21.8 Å². The van der Waals surface area contributed by atoms with Crippen molar-refractivity contribution in [1.82, 2.24) is 4.90 Å². The number of ether oxygens (including phenoxy) is 1. The zero-order valence-corrected chi connectivity index (χ0v) is 21.1. The van der Waals surface area contributed by atoms with Gasteiger partial charge < -0.3 is 4.74 Å². The van der Waals surface area contributed by atoms with E-state index < -0.39 is 0 Å². The fourth-order valence-electron chi connectivity index (χ4n) is 4.69. The van der Waals surface area contributed by atoms with Crippen LogP contribution in [0.15, 0.2) is 108 Å². The lowest BCUT2D eigenvalue weighted by Crippen LogP contribution is -2.27. The predicted molar refractivity (Wildman–Crippen MR) is 150 cm³/mol. The molecule has 186 valence electrons. The number of fused-ring (bicyclic) bond motifs is 2. The van der Waals surface area contributed by atoms with Crippen LogP contribution >= 0.6 is 11.8 Å². The second kappa shape index (κ2) is 10.1. The van der Waals surface area contributed by atoms with Crippen LogP contribution in [0.4, 0.5) is 9.18 Å². The highest BCUT2D eigenvalue weighted by Crippen LogP contribution is 2.38. The molecule has 5 aromatic rings. The average Bonchev–Trinajstić information content (AvgIpc) is 3.21. The first kappa shape index (κ1) is 23.9. The molecule has 1 saturated heterocycles. The first-order chi connectivity index (χ1) is 18.6. The number of amides is 2. The molecule has 1 fully saturated rings. The van der Waals surface area contributed by atoms with Crippen LogP contribution in [0.3, 0.4) is 0 Å². The van der Waals surface area contributed by atoms with E-state index in [-0.39, 0.29) is 30.1 Å². The lowest BCUT2D eigenvalue weighted by molar-refractivity contribution is -0.123. The van der Waals surface area contributed by atoms with E-state index in [0.717, 1.165) is 38.9 Å². The quantitative estimate of drug-likeness (QED) is 0.214. The lowest BCUT2D eigenvalue weighted by atomic mass is 10.0. The van der Waals surface area contributed by atoms with Crippen molar-refractivity contribution in [2.24, 2.45) is 0 Å². The van der Waals surface area contributed by atoms with E-state index in [1.54, 1.807) is 24.3 Å². The second-order valence-electron chi connectivity index (χ2n) is 8.98. The summed E-state index contributed by atoms with van der Waals surface area (Å²) in [6, 6.07) is 31.8. The number of carbonyl (C=O) groups is 2. The molecule has 0 radical (unpaired) electrons. The molecule has 1 aliphatic heterocycles. The maximum atomic E-state index is 14.2. The standard InChI is InChI=1S/C32H22FNO3S/c33-28-15-6-3-10-24(28)20-37-29-17-16-22-9-2-5-14-26(22)27(29)18-30-31(35)34(32(36)38-30)19-23-12-7-11-21-8-1-4-13-25(21)23/h1-18H,19-20H2/b30-18-. The Hall–Kier alpha value is -4.42. The normalized spacial score (nSPS) is 14.7. The molecule has 0 atom stereocenters. The zero-order chi connectivity index (χ0) is 26.1. The van der Waals surface area contributed by atoms with E-state index in [1.807, 2.05) is 78.9 Å². The van der Waals surface area contributed by atoms with E-state index in [4.69, 9.17) is 4.74 Å². The minimum atomic E-state index is -0.346. The Labute approximate surface area is 223 Å². The molecular formula is C32H22FNO3S. The number of thioether (sulfide) groups is 1. The molecule has 1 aliphatic rings. The minimum absolute atomic E-state index is 0.0361. The van der Waals surface area contributed by atoms with Crippen LogP contribution < -0.4 is 4.74 Å². The fourth-order valence-corrected chi connectivity index (χ4v) is 5.51. The van der Waals surface area contributed by atoms with Crippen molar-refractivity contribution in [1.29, 1.82) is 0 Å². The molecule has 0 unspecified atom stereocenters. The summed E-state index contributed by atoms with van der Waals surface area (Å²) in [4.78, 5) is 28.0. The molecule has 0 N–H and O–H groups in total. The van der Waals surface area contributed by atoms with E-state index in [9.17, 15) is 14.0 Å². The molecule has 6 heteroatoms. The summed E-state index contributed by atoms with van der Waals surface area (Å²) in [6.45, 7) is 0.226. The van der Waals surface area contributed by atoms with Crippen LogP contribution in [0.5, 0.6) is 5.75 Å². The van der Waals surface area contributed by atoms with Gasteiger partial charge in [-0.05, 0) is 57.1 Å². The van der Waals surface area contributed by atoms with Crippen molar-refractivity contribution in [3.8, 4) is 5.75 Å². The fraction of sp³-hybridized carbons (Fsp3) is 0.0625. The third kappa shape index (κ3) is 4.55. The third-order valence-electron chi connectivity index (χ3n) is 6.63. The SMILES string of the molecule is O=C1S/C(=C\c2c(OCc3ccccc3F)ccc3ccccc23)C(=O)N1Cc1cccc2ccccc12. The van der Waals surface area contributed by atoms with Crippen molar-refractivity contribution in [3.05, 3.63) is 131 Å². The number of benzene rings is 5. The minimum Gasteiger partial charge on any atom is -0.488 e. The Balaban J connectivity index is 1.35. The van der Waals surface area contributed by atoms with Gasteiger partial charge in [0.1, 0.15) is 18.2 Å². The highest BCUT2D eigenvalue weighted by molar-refractivity contribution is 8.18. The largest absolute Gasteiger partial charge is 0.488 e. The Bertz CT molecular complexity index is 1740. The van der Waals surface area contributed by atoms with Crippen LogP contribution in [-0.4, -0.2) is 16.0 Å². The van der Waals surface area contributed by atoms with Crippen molar-refractivity contribution in [2.45, 2.75) is 13.2 Å². The Morgan fingerprint density at radius 2 is 1.39 bits per heavy atom. The molecule has 6 rings (SSSR count). The molecular weight excluding hydrogens is 497 g/mol. The summed E-state index contributed by atoms with van der Waals surface area (Å²) in [7, 11) is 0. The van der Waals surface area contributed by atoms with Gasteiger partial charge in [0.2, 0.25) is 0 Å². The third-order valence-corrected chi connectivity index (χ3v) is 7.54. The Morgan fingerprint density at radius 1 is 0.737 bits per heavy atom. The summed E-state index contributed by atoms with van der Waals surface area (Å²) in [5.41, 5.74) is 2.02. The number of hydrogen-bond acceptors (Lipinski definition) is 4. The summed E-state index contributed by atoms with van der Waals surface area (Å²) in [5.74, 6) is -0.182. The maximum Gasteiger partial charge on any atom is 0.293 e. The van der Waals surface area contributed by atoms with Gasteiger partial charge in [0, 0.05) is 11.1 Å². The number of imide groups is 1. The lowest BCUT2D eigenvalue weighted by Gasteiger charge is -2.15. The van der Waals surface area contributed by atoms with Crippen molar-refractivity contribution < 1.29 is 18.7 Å². The molecule has 4 nitrogen and oxygen atoms in total. The van der Waals surface area contributed by atoms with Gasteiger partial charge in [-0.15, -0.1) is 0 Å². The molecule has 0 saturated carbocycles. The summed E-state index contributed by atoms with van der Waals surface area (Å²) < 4.78 is 20.3. The molecule has 38 heavy (non-hydrogen) atoms. The van der Waals surface area contributed by atoms with Crippen LogP contribution in [0.1, 0.15) is 16.7 Å². The first-order valence-corrected chi connectivity index (χ1v) is 13.0. The molecule has 5 aromatic carbocycles. The molecule has 0 bridgehead atoms. The topological polar surface area (TPSA) is 46.6 Å². The number of carbonyl (C=O) groups excluding carboxylic acids is 2. The van der Waals surface area contributed by atoms with Gasteiger partial charge in [0.15, 0.2) is 0 Å². The summed E-state index contributed by atoms with van der Waals surface area (Å²) >= 11 is 0.918. The average molecular weight is 520 g/mol. The molecule has 1 heterocycles. The molecule has 0 aliphatic carbocycles. The van der Waals surface area contributed by atoms with E-state index in [2.05, 4.69) is 0 Å². The maximum absolute atomic E-state index is 14.2. The number of hydrogen-bond donors (Lipinski definition) is 0. The van der Waals surface area contributed by atoms with Crippen molar-refractivity contribution in [2.75, 3.05) is 0 Å². The van der Waals surface area contributed by atoms with Crippen molar-refractivity contribution >= 4 is 50.5 Å². The van der Waals surface area contributed by atoms with Gasteiger partial charge in [-0.1, -0.05) is 91.0 Å². The Morgan fingerprint density at radius 3 is 2.21 bits per heavy atom. The number of nitrogens with zero attached hydrogens (tertiary/aromatic N) is 1. The molecule has 2 amide bonds. The zero-order valence-electron chi connectivity index (χ0n) is 20.3. The summed E-state index contributed by atoms with van der Waals surface area (Å²) in [5, 5.41) is 3.59. The van der Waals surface area contributed by atoms with Crippen LogP contribution in [0, 0.1) is 5.82 Å².